The lowest BCUT2D eigenvalue weighted by Crippen LogP contribution is -2.28. The number of anilines is 1. The summed E-state index contributed by atoms with van der Waals surface area (Å²) < 4.78 is 10.4. The SMILES string of the molecule is COc1cc(C(=O)NCCCN(C)c2ccccc2)cc(Cl)c1OC. The quantitative estimate of drug-likeness (QED) is 0.729. The Labute approximate surface area is 153 Å². The third-order valence-electron chi connectivity index (χ3n) is 3.85. The maximum atomic E-state index is 12.3. The van der Waals surface area contributed by atoms with Crippen molar-refractivity contribution in [1.29, 1.82) is 0 Å². The van der Waals surface area contributed by atoms with Gasteiger partial charge in [-0.2, -0.15) is 0 Å². The third-order valence-corrected chi connectivity index (χ3v) is 4.13. The molecule has 134 valence electrons. The van der Waals surface area contributed by atoms with E-state index in [1.165, 1.54) is 14.2 Å². The van der Waals surface area contributed by atoms with Crippen LogP contribution in [0.4, 0.5) is 5.69 Å². The van der Waals surface area contributed by atoms with Crippen LogP contribution in [0.25, 0.3) is 0 Å². The van der Waals surface area contributed by atoms with Crippen LogP contribution in [-0.2, 0) is 0 Å². The van der Waals surface area contributed by atoms with Gasteiger partial charge in [-0.1, -0.05) is 29.8 Å². The number of para-hydroxylation sites is 1. The summed E-state index contributed by atoms with van der Waals surface area (Å²) in [7, 11) is 5.05. The molecule has 5 nitrogen and oxygen atoms in total. The van der Waals surface area contributed by atoms with Crippen molar-refractivity contribution in [2.75, 3.05) is 39.3 Å². The summed E-state index contributed by atoms with van der Waals surface area (Å²) in [5, 5.41) is 3.24. The summed E-state index contributed by atoms with van der Waals surface area (Å²) in [6.07, 6.45) is 0.832. The molecule has 0 unspecified atom stereocenters. The number of benzene rings is 2. The fourth-order valence-corrected chi connectivity index (χ4v) is 2.77. The molecule has 0 atom stereocenters. The first-order valence-electron chi connectivity index (χ1n) is 8.02. The van der Waals surface area contributed by atoms with E-state index >= 15 is 0 Å². The molecule has 2 aromatic carbocycles. The Hall–Kier alpha value is -2.40. The Morgan fingerprint density at radius 3 is 2.52 bits per heavy atom. The van der Waals surface area contributed by atoms with Gasteiger partial charge in [0.05, 0.1) is 19.2 Å². The molecular formula is C19H23ClN2O3. The summed E-state index contributed by atoms with van der Waals surface area (Å²) in [5.74, 6) is 0.666. The van der Waals surface area contributed by atoms with Crippen molar-refractivity contribution in [3.8, 4) is 11.5 Å². The van der Waals surface area contributed by atoms with Crippen LogP contribution in [0.1, 0.15) is 16.8 Å². The number of carbonyl (C=O) groups is 1. The zero-order valence-corrected chi connectivity index (χ0v) is 15.5. The van der Waals surface area contributed by atoms with Crippen LogP contribution in [0.3, 0.4) is 0 Å². The van der Waals surface area contributed by atoms with Crippen molar-refractivity contribution < 1.29 is 14.3 Å². The standard InChI is InChI=1S/C19H23ClN2O3/c1-22(15-8-5-4-6-9-15)11-7-10-21-19(23)14-12-16(20)18(25-3)17(13-14)24-2/h4-6,8-9,12-13H,7,10-11H2,1-3H3,(H,21,23). The van der Waals surface area contributed by atoms with Crippen LogP contribution >= 0.6 is 11.6 Å². The second-order valence-electron chi connectivity index (χ2n) is 5.56. The summed E-state index contributed by atoms with van der Waals surface area (Å²) in [6.45, 7) is 1.42. The molecule has 0 aromatic heterocycles. The Morgan fingerprint density at radius 2 is 1.88 bits per heavy atom. The highest BCUT2D eigenvalue weighted by Crippen LogP contribution is 2.35. The van der Waals surface area contributed by atoms with Gasteiger partial charge in [-0.05, 0) is 30.7 Å². The number of halogens is 1. The van der Waals surface area contributed by atoms with Gasteiger partial charge in [-0.25, -0.2) is 0 Å². The maximum absolute atomic E-state index is 12.3. The number of hydrogen-bond donors (Lipinski definition) is 1. The monoisotopic (exact) mass is 362 g/mol. The van der Waals surface area contributed by atoms with E-state index in [1.54, 1.807) is 12.1 Å². The molecule has 0 fully saturated rings. The minimum atomic E-state index is -0.190. The summed E-state index contributed by atoms with van der Waals surface area (Å²) in [6, 6.07) is 13.3. The Kier molecular flexibility index (Phi) is 6.95. The van der Waals surface area contributed by atoms with E-state index < -0.39 is 0 Å². The van der Waals surface area contributed by atoms with E-state index in [0.29, 0.717) is 28.6 Å². The molecular weight excluding hydrogens is 340 g/mol. The average Bonchev–Trinajstić information content (AvgIpc) is 2.64. The van der Waals surface area contributed by atoms with Crippen LogP contribution in [0.15, 0.2) is 42.5 Å². The molecule has 2 rings (SSSR count). The number of methoxy groups -OCH3 is 2. The lowest BCUT2D eigenvalue weighted by molar-refractivity contribution is 0.0953. The predicted molar refractivity (Wildman–Crippen MR) is 101 cm³/mol. The van der Waals surface area contributed by atoms with Gasteiger partial charge in [-0.15, -0.1) is 0 Å². The van der Waals surface area contributed by atoms with Crippen LogP contribution < -0.4 is 19.7 Å². The highest BCUT2D eigenvalue weighted by atomic mass is 35.5. The molecule has 1 N–H and O–H groups in total. The molecule has 0 aliphatic rings. The molecule has 0 bridgehead atoms. The second-order valence-corrected chi connectivity index (χ2v) is 5.97. The molecule has 0 heterocycles. The Morgan fingerprint density at radius 1 is 1.16 bits per heavy atom. The normalized spacial score (nSPS) is 10.2. The predicted octanol–water partition coefficient (Wildman–Crippen LogP) is 3.61. The minimum Gasteiger partial charge on any atom is -0.493 e. The molecule has 0 spiro atoms. The summed E-state index contributed by atoms with van der Waals surface area (Å²) in [4.78, 5) is 14.5. The van der Waals surface area contributed by atoms with Gasteiger partial charge in [-0.3, -0.25) is 4.79 Å². The number of carbonyl (C=O) groups excluding carboxylic acids is 1. The van der Waals surface area contributed by atoms with E-state index in [-0.39, 0.29) is 5.91 Å². The van der Waals surface area contributed by atoms with Crippen LogP contribution in [-0.4, -0.2) is 40.3 Å². The minimum absolute atomic E-state index is 0.190. The first-order valence-corrected chi connectivity index (χ1v) is 8.40. The molecule has 1 amide bonds. The molecule has 0 aliphatic carbocycles. The zero-order chi connectivity index (χ0) is 18.2. The van der Waals surface area contributed by atoms with E-state index in [9.17, 15) is 4.79 Å². The topological polar surface area (TPSA) is 50.8 Å². The van der Waals surface area contributed by atoms with Crippen LogP contribution in [0.2, 0.25) is 5.02 Å². The van der Waals surface area contributed by atoms with Crippen molar-refractivity contribution in [1.82, 2.24) is 5.32 Å². The molecule has 0 saturated carbocycles. The number of hydrogen-bond acceptors (Lipinski definition) is 4. The Bertz CT molecular complexity index is 707. The first-order chi connectivity index (χ1) is 12.1. The smallest absolute Gasteiger partial charge is 0.251 e. The molecule has 0 radical (unpaired) electrons. The molecule has 6 heteroatoms. The number of amides is 1. The van der Waals surface area contributed by atoms with Crippen molar-refractivity contribution in [3.05, 3.63) is 53.1 Å². The van der Waals surface area contributed by atoms with Gasteiger partial charge in [0.25, 0.3) is 5.91 Å². The lowest BCUT2D eigenvalue weighted by Gasteiger charge is -2.19. The lowest BCUT2D eigenvalue weighted by atomic mass is 10.2. The number of nitrogens with zero attached hydrogens (tertiary/aromatic N) is 1. The highest BCUT2D eigenvalue weighted by molar-refractivity contribution is 6.32. The van der Waals surface area contributed by atoms with Crippen LogP contribution in [0, 0.1) is 0 Å². The van der Waals surface area contributed by atoms with Gasteiger partial charge >= 0.3 is 0 Å². The van der Waals surface area contributed by atoms with Crippen LogP contribution in [0.5, 0.6) is 11.5 Å². The average molecular weight is 363 g/mol. The first kappa shape index (κ1) is 18.9. The van der Waals surface area contributed by atoms with E-state index in [0.717, 1.165) is 18.7 Å². The maximum Gasteiger partial charge on any atom is 0.251 e. The van der Waals surface area contributed by atoms with Crippen molar-refractivity contribution in [2.45, 2.75) is 6.42 Å². The fraction of sp³-hybridized carbons (Fsp3) is 0.316. The summed E-state index contributed by atoms with van der Waals surface area (Å²) >= 11 is 6.14. The summed E-state index contributed by atoms with van der Waals surface area (Å²) in [5.41, 5.74) is 1.60. The van der Waals surface area contributed by atoms with Crippen molar-refractivity contribution in [3.63, 3.8) is 0 Å². The second kappa shape index (κ2) is 9.18. The Balaban J connectivity index is 1.87. The van der Waals surface area contributed by atoms with E-state index in [2.05, 4.69) is 22.3 Å². The third kappa shape index (κ3) is 5.03. The fourth-order valence-electron chi connectivity index (χ4n) is 2.48. The van der Waals surface area contributed by atoms with E-state index in [4.69, 9.17) is 21.1 Å². The largest absolute Gasteiger partial charge is 0.493 e. The molecule has 2 aromatic rings. The molecule has 0 saturated heterocycles. The number of rotatable bonds is 8. The number of ether oxygens (including phenoxy) is 2. The van der Waals surface area contributed by atoms with Gasteiger partial charge in [0.1, 0.15) is 0 Å². The van der Waals surface area contributed by atoms with Gasteiger partial charge in [0, 0.05) is 31.4 Å². The molecule has 25 heavy (non-hydrogen) atoms. The van der Waals surface area contributed by atoms with E-state index in [1.807, 2.05) is 25.2 Å². The van der Waals surface area contributed by atoms with Crippen molar-refractivity contribution in [2.24, 2.45) is 0 Å². The zero-order valence-electron chi connectivity index (χ0n) is 14.7. The van der Waals surface area contributed by atoms with Crippen molar-refractivity contribution >= 4 is 23.2 Å². The van der Waals surface area contributed by atoms with Gasteiger partial charge in [0.2, 0.25) is 0 Å². The number of nitrogens with one attached hydrogen (secondary N) is 1. The molecule has 0 aliphatic heterocycles. The van der Waals surface area contributed by atoms with Gasteiger partial charge < -0.3 is 19.7 Å². The van der Waals surface area contributed by atoms with Gasteiger partial charge in [0.15, 0.2) is 11.5 Å². The highest BCUT2D eigenvalue weighted by Gasteiger charge is 2.15.